The SMILES string of the molecule is Cc1nn(C)c2ncc(NC(=O)NC3(C)CCOC3=O)cc12. The van der Waals surface area contributed by atoms with Gasteiger partial charge in [-0.1, -0.05) is 0 Å². The first-order valence-corrected chi connectivity index (χ1v) is 6.95. The van der Waals surface area contributed by atoms with E-state index in [9.17, 15) is 9.59 Å². The molecule has 0 saturated carbocycles. The van der Waals surface area contributed by atoms with Crippen molar-refractivity contribution in [1.82, 2.24) is 20.1 Å². The van der Waals surface area contributed by atoms with E-state index < -0.39 is 17.5 Å². The van der Waals surface area contributed by atoms with E-state index in [4.69, 9.17) is 4.74 Å². The molecular weight excluding hydrogens is 286 g/mol. The van der Waals surface area contributed by atoms with Gasteiger partial charge in [0.1, 0.15) is 5.54 Å². The van der Waals surface area contributed by atoms with E-state index in [1.54, 1.807) is 23.9 Å². The highest BCUT2D eigenvalue weighted by Crippen LogP contribution is 2.21. The lowest BCUT2D eigenvalue weighted by Gasteiger charge is -2.20. The lowest BCUT2D eigenvalue weighted by molar-refractivity contribution is -0.142. The molecule has 2 amide bonds. The smallest absolute Gasteiger partial charge is 0.331 e. The molecule has 0 bridgehead atoms. The van der Waals surface area contributed by atoms with Gasteiger partial charge in [-0.2, -0.15) is 5.10 Å². The maximum absolute atomic E-state index is 12.1. The molecule has 3 heterocycles. The van der Waals surface area contributed by atoms with Gasteiger partial charge in [-0.25, -0.2) is 14.6 Å². The zero-order valence-corrected chi connectivity index (χ0v) is 12.6. The number of nitrogens with one attached hydrogen (secondary N) is 2. The molecule has 2 aromatic rings. The number of esters is 1. The summed E-state index contributed by atoms with van der Waals surface area (Å²) in [6, 6.07) is 1.34. The van der Waals surface area contributed by atoms with Gasteiger partial charge in [0, 0.05) is 18.9 Å². The average molecular weight is 303 g/mol. The maximum Gasteiger partial charge on any atom is 0.331 e. The molecule has 0 aliphatic carbocycles. The van der Waals surface area contributed by atoms with Crippen LogP contribution in [0.25, 0.3) is 11.0 Å². The molecule has 8 heteroatoms. The Morgan fingerprint density at radius 1 is 1.50 bits per heavy atom. The van der Waals surface area contributed by atoms with Crippen molar-refractivity contribution in [3.05, 3.63) is 18.0 Å². The van der Waals surface area contributed by atoms with Gasteiger partial charge in [-0.3, -0.25) is 4.68 Å². The quantitative estimate of drug-likeness (QED) is 0.810. The third-order valence-electron chi connectivity index (χ3n) is 3.80. The first-order chi connectivity index (χ1) is 10.4. The lowest BCUT2D eigenvalue weighted by atomic mass is 10.0. The third kappa shape index (κ3) is 2.36. The number of nitrogens with zero attached hydrogens (tertiary/aromatic N) is 3. The van der Waals surface area contributed by atoms with Gasteiger partial charge in [-0.05, 0) is 19.9 Å². The van der Waals surface area contributed by atoms with Crippen LogP contribution in [0.1, 0.15) is 19.0 Å². The molecule has 0 spiro atoms. The Morgan fingerprint density at radius 3 is 2.95 bits per heavy atom. The van der Waals surface area contributed by atoms with Crippen molar-refractivity contribution in [2.75, 3.05) is 11.9 Å². The van der Waals surface area contributed by atoms with E-state index in [1.165, 1.54) is 0 Å². The number of carbonyl (C=O) groups is 2. The molecule has 8 nitrogen and oxygen atoms in total. The van der Waals surface area contributed by atoms with Crippen molar-refractivity contribution in [3.63, 3.8) is 0 Å². The molecule has 3 rings (SSSR count). The lowest BCUT2D eigenvalue weighted by Crippen LogP contribution is -2.51. The third-order valence-corrected chi connectivity index (χ3v) is 3.80. The summed E-state index contributed by atoms with van der Waals surface area (Å²) in [6.07, 6.45) is 2.01. The van der Waals surface area contributed by atoms with Crippen molar-refractivity contribution >= 4 is 28.7 Å². The summed E-state index contributed by atoms with van der Waals surface area (Å²) in [5.41, 5.74) is 1.14. The van der Waals surface area contributed by atoms with Crippen molar-refractivity contribution in [1.29, 1.82) is 0 Å². The fraction of sp³-hybridized carbons (Fsp3) is 0.429. The van der Waals surface area contributed by atoms with E-state index in [2.05, 4.69) is 20.7 Å². The van der Waals surface area contributed by atoms with E-state index in [0.29, 0.717) is 18.7 Å². The number of pyridine rings is 1. The van der Waals surface area contributed by atoms with Gasteiger partial charge in [-0.15, -0.1) is 0 Å². The van der Waals surface area contributed by atoms with Crippen LogP contribution in [0.2, 0.25) is 0 Å². The first-order valence-electron chi connectivity index (χ1n) is 6.95. The predicted octanol–water partition coefficient (Wildman–Crippen LogP) is 1.10. The van der Waals surface area contributed by atoms with Crippen molar-refractivity contribution in [2.24, 2.45) is 7.05 Å². The highest BCUT2D eigenvalue weighted by atomic mass is 16.5. The van der Waals surface area contributed by atoms with Crippen LogP contribution in [0, 0.1) is 6.92 Å². The largest absolute Gasteiger partial charge is 0.464 e. The number of ether oxygens (including phenoxy) is 1. The predicted molar refractivity (Wildman–Crippen MR) is 79.4 cm³/mol. The topological polar surface area (TPSA) is 98.1 Å². The summed E-state index contributed by atoms with van der Waals surface area (Å²) >= 11 is 0. The fourth-order valence-corrected chi connectivity index (χ4v) is 2.51. The molecule has 1 atom stereocenters. The van der Waals surface area contributed by atoms with Crippen LogP contribution in [0.3, 0.4) is 0 Å². The number of anilines is 1. The summed E-state index contributed by atoms with van der Waals surface area (Å²) in [5.74, 6) is -0.417. The maximum atomic E-state index is 12.1. The summed E-state index contributed by atoms with van der Waals surface area (Å²) < 4.78 is 6.58. The molecule has 1 fully saturated rings. The Bertz CT molecular complexity index is 769. The van der Waals surface area contributed by atoms with Crippen LogP contribution in [0.15, 0.2) is 12.3 Å². The molecule has 116 valence electrons. The summed E-state index contributed by atoms with van der Waals surface area (Å²) in [7, 11) is 1.81. The molecule has 1 unspecified atom stereocenters. The minimum atomic E-state index is -0.980. The standard InChI is InChI=1S/C14H17N5O3/c1-8-10-6-9(7-15-11(10)19(3)18-8)16-13(21)17-14(2)4-5-22-12(14)20/h6-7H,4-5H2,1-3H3,(H2,16,17,21). The number of urea groups is 1. The summed E-state index contributed by atoms with van der Waals surface area (Å²) in [5, 5.41) is 10.5. The van der Waals surface area contributed by atoms with Gasteiger partial charge in [0.15, 0.2) is 5.65 Å². The number of cyclic esters (lactones) is 1. The van der Waals surface area contributed by atoms with Crippen LogP contribution in [-0.4, -0.2) is 38.9 Å². The molecule has 1 aliphatic rings. The van der Waals surface area contributed by atoms with Gasteiger partial charge in [0.2, 0.25) is 0 Å². The first kappa shape index (κ1) is 14.3. The molecule has 22 heavy (non-hydrogen) atoms. The second-order valence-corrected chi connectivity index (χ2v) is 5.60. The highest BCUT2D eigenvalue weighted by Gasteiger charge is 2.41. The van der Waals surface area contributed by atoms with Crippen LogP contribution in [-0.2, 0) is 16.6 Å². The van der Waals surface area contributed by atoms with Crippen LogP contribution in [0.4, 0.5) is 10.5 Å². The molecule has 1 aliphatic heterocycles. The van der Waals surface area contributed by atoms with E-state index in [0.717, 1.165) is 16.7 Å². The van der Waals surface area contributed by atoms with Crippen molar-refractivity contribution in [3.8, 4) is 0 Å². The van der Waals surface area contributed by atoms with Gasteiger partial charge >= 0.3 is 12.0 Å². The molecule has 0 radical (unpaired) electrons. The molecule has 2 aromatic heterocycles. The monoisotopic (exact) mass is 303 g/mol. The summed E-state index contributed by atoms with van der Waals surface area (Å²) in [4.78, 5) is 28.0. The Morgan fingerprint density at radius 2 is 2.27 bits per heavy atom. The van der Waals surface area contributed by atoms with Crippen LogP contribution < -0.4 is 10.6 Å². The Hall–Kier alpha value is -2.64. The van der Waals surface area contributed by atoms with E-state index >= 15 is 0 Å². The Kier molecular flexibility index (Phi) is 3.23. The van der Waals surface area contributed by atoms with E-state index in [-0.39, 0.29) is 0 Å². The number of rotatable bonds is 2. The van der Waals surface area contributed by atoms with Crippen molar-refractivity contribution < 1.29 is 14.3 Å². The number of aryl methyl sites for hydroxylation is 2. The van der Waals surface area contributed by atoms with Crippen molar-refractivity contribution in [2.45, 2.75) is 25.8 Å². The number of fused-ring (bicyclic) bond motifs is 1. The second-order valence-electron chi connectivity index (χ2n) is 5.60. The van der Waals surface area contributed by atoms with Gasteiger partial charge in [0.25, 0.3) is 0 Å². The van der Waals surface area contributed by atoms with Crippen LogP contribution >= 0.6 is 0 Å². The van der Waals surface area contributed by atoms with Crippen LogP contribution in [0.5, 0.6) is 0 Å². The van der Waals surface area contributed by atoms with Gasteiger partial charge < -0.3 is 15.4 Å². The highest BCUT2D eigenvalue weighted by molar-refractivity contribution is 5.96. The normalized spacial score (nSPS) is 21.0. The Balaban J connectivity index is 1.77. The van der Waals surface area contributed by atoms with E-state index in [1.807, 2.05) is 14.0 Å². The second kappa shape index (κ2) is 4.97. The number of carbonyl (C=O) groups excluding carboxylic acids is 2. The molecular formula is C14H17N5O3. The molecule has 2 N–H and O–H groups in total. The number of hydrogen-bond acceptors (Lipinski definition) is 5. The average Bonchev–Trinajstić information content (AvgIpc) is 2.91. The zero-order chi connectivity index (χ0) is 15.9. The summed E-state index contributed by atoms with van der Waals surface area (Å²) in [6.45, 7) is 3.84. The minimum Gasteiger partial charge on any atom is -0.464 e. The molecule has 0 aromatic carbocycles. The minimum absolute atomic E-state index is 0.317. The Labute approximate surface area is 126 Å². The number of aromatic nitrogens is 3. The molecule has 1 saturated heterocycles. The fourth-order valence-electron chi connectivity index (χ4n) is 2.51. The number of hydrogen-bond donors (Lipinski definition) is 2. The number of amides is 2. The zero-order valence-electron chi connectivity index (χ0n) is 12.6. The van der Waals surface area contributed by atoms with Gasteiger partial charge in [0.05, 0.1) is 24.2 Å².